The van der Waals surface area contributed by atoms with E-state index in [-0.39, 0.29) is 0 Å². The van der Waals surface area contributed by atoms with E-state index < -0.39 is 0 Å². The Morgan fingerprint density at radius 1 is 1.20 bits per heavy atom. The number of unbranched alkanes of at least 4 members (excludes halogenated alkanes) is 1. The van der Waals surface area contributed by atoms with Crippen LogP contribution in [0.2, 0.25) is 0 Å². The van der Waals surface area contributed by atoms with Gasteiger partial charge in [0.05, 0.1) is 6.61 Å². The van der Waals surface area contributed by atoms with Crippen molar-refractivity contribution in [2.24, 2.45) is 11.8 Å². The van der Waals surface area contributed by atoms with Gasteiger partial charge < -0.3 is 15.0 Å². The fourth-order valence-corrected chi connectivity index (χ4v) is 2.68. The van der Waals surface area contributed by atoms with Crippen LogP contribution in [0, 0.1) is 11.8 Å². The average molecular weight is 212 g/mol. The van der Waals surface area contributed by atoms with Gasteiger partial charge in [-0.25, -0.2) is 0 Å². The first-order chi connectivity index (χ1) is 7.40. The van der Waals surface area contributed by atoms with Gasteiger partial charge in [-0.2, -0.15) is 0 Å². The molecule has 2 unspecified atom stereocenters. The lowest BCUT2D eigenvalue weighted by Gasteiger charge is -2.16. The second kappa shape index (κ2) is 5.83. The summed E-state index contributed by atoms with van der Waals surface area (Å²) >= 11 is 0. The third-order valence-electron chi connectivity index (χ3n) is 3.66. The number of ether oxygens (including phenoxy) is 1. The fraction of sp³-hybridized carbons (Fsp3) is 1.00. The lowest BCUT2D eigenvalue weighted by molar-refractivity contribution is 0.107. The first-order valence-corrected chi connectivity index (χ1v) is 6.41. The van der Waals surface area contributed by atoms with Gasteiger partial charge in [-0.3, -0.25) is 0 Å². The van der Waals surface area contributed by atoms with E-state index >= 15 is 0 Å². The molecule has 2 atom stereocenters. The molecule has 0 aliphatic carbocycles. The van der Waals surface area contributed by atoms with Crippen molar-refractivity contribution in [1.82, 2.24) is 10.2 Å². The minimum Gasteiger partial charge on any atom is -0.380 e. The van der Waals surface area contributed by atoms with Crippen LogP contribution in [0.4, 0.5) is 0 Å². The van der Waals surface area contributed by atoms with Crippen molar-refractivity contribution in [3.63, 3.8) is 0 Å². The molecule has 0 spiro atoms. The maximum absolute atomic E-state index is 5.60. The highest BCUT2D eigenvalue weighted by Gasteiger charge is 2.35. The molecule has 0 aromatic rings. The Morgan fingerprint density at radius 3 is 2.60 bits per heavy atom. The molecule has 3 heteroatoms. The normalized spacial score (nSPS) is 31.0. The van der Waals surface area contributed by atoms with Crippen LogP contribution in [0.15, 0.2) is 0 Å². The van der Waals surface area contributed by atoms with Crippen molar-refractivity contribution in [3.05, 3.63) is 0 Å². The van der Waals surface area contributed by atoms with E-state index in [1.807, 2.05) is 0 Å². The molecule has 3 nitrogen and oxygen atoms in total. The zero-order chi connectivity index (χ0) is 10.5. The SMILES string of the molecule is CCCCOCCN1CC2CNCC2C1. The third-order valence-corrected chi connectivity index (χ3v) is 3.66. The van der Waals surface area contributed by atoms with Crippen molar-refractivity contribution >= 4 is 0 Å². The standard InChI is InChI=1S/C12H24N2O/c1-2-3-5-15-6-4-14-9-11-7-13-8-12(11)10-14/h11-13H,2-10H2,1H3. The van der Waals surface area contributed by atoms with Gasteiger partial charge in [0.1, 0.15) is 0 Å². The lowest BCUT2D eigenvalue weighted by atomic mass is 10.0. The van der Waals surface area contributed by atoms with E-state index in [9.17, 15) is 0 Å². The predicted octanol–water partition coefficient (Wildman–Crippen LogP) is 0.954. The first-order valence-electron chi connectivity index (χ1n) is 6.41. The summed E-state index contributed by atoms with van der Waals surface area (Å²) in [4.78, 5) is 2.57. The molecule has 0 bridgehead atoms. The van der Waals surface area contributed by atoms with Crippen molar-refractivity contribution in [2.45, 2.75) is 19.8 Å². The van der Waals surface area contributed by atoms with Crippen LogP contribution in [0.3, 0.4) is 0 Å². The zero-order valence-electron chi connectivity index (χ0n) is 9.87. The molecule has 0 aromatic carbocycles. The summed E-state index contributed by atoms with van der Waals surface area (Å²) in [7, 11) is 0. The summed E-state index contributed by atoms with van der Waals surface area (Å²) < 4.78 is 5.60. The molecule has 2 aliphatic heterocycles. The largest absolute Gasteiger partial charge is 0.380 e. The highest BCUT2D eigenvalue weighted by atomic mass is 16.5. The van der Waals surface area contributed by atoms with E-state index in [0.717, 1.165) is 31.6 Å². The molecule has 15 heavy (non-hydrogen) atoms. The second-order valence-corrected chi connectivity index (χ2v) is 4.90. The average Bonchev–Trinajstić information content (AvgIpc) is 2.77. The van der Waals surface area contributed by atoms with E-state index in [4.69, 9.17) is 4.74 Å². The molecule has 2 aliphatic rings. The van der Waals surface area contributed by atoms with Crippen LogP contribution in [0.1, 0.15) is 19.8 Å². The zero-order valence-corrected chi connectivity index (χ0v) is 9.87. The second-order valence-electron chi connectivity index (χ2n) is 4.90. The smallest absolute Gasteiger partial charge is 0.0593 e. The molecule has 1 N–H and O–H groups in total. The number of hydrogen-bond acceptors (Lipinski definition) is 3. The van der Waals surface area contributed by atoms with Gasteiger partial charge in [0.2, 0.25) is 0 Å². The molecular formula is C12H24N2O. The molecule has 2 rings (SSSR count). The van der Waals surface area contributed by atoms with Crippen molar-refractivity contribution in [2.75, 3.05) is 45.9 Å². The fourth-order valence-electron chi connectivity index (χ4n) is 2.68. The Bertz CT molecular complexity index is 174. The summed E-state index contributed by atoms with van der Waals surface area (Å²) in [6.45, 7) is 10.2. The summed E-state index contributed by atoms with van der Waals surface area (Å²) in [5.41, 5.74) is 0. The quantitative estimate of drug-likeness (QED) is 0.664. The van der Waals surface area contributed by atoms with Crippen molar-refractivity contribution in [1.29, 1.82) is 0 Å². The van der Waals surface area contributed by atoms with Crippen LogP contribution in [0.25, 0.3) is 0 Å². The summed E-state index contributed by atoms with van der Waals surface area (Å²) in [5.74, 6) is 1.83. The monoisotopic (exact) mass is 212 g/mol. The van der Waals surface area contributed by atoms with Gasteiger partial charge in [0.25, 0.3) is 0 Å². The van der Waals surface area contributed by atoms with Gasteiger partial charge >= 0.3 is 0 Å². The Kier molecular flexibility index (Phi) is 4.42. The minimum absolute atomic E-state index is 0.917. The Balaban J connectivity index is 1.53. The van der Waals surface area contributed by atoms with Crippen LogP contribution >= 0.6 is 0 Å². The highest BCUT2D eigenvalue weighted by molar-refractivity contribution is 4.90. The summed E-state index contributed by atoms with van der Waals surface area (Å²) in [6, 6.07) is 0. The minimum atomic E-state index is 0.917. The van der Waals surface area contributed by atoms with Gasteiger partial charge in [-0.1, -0.05) is 13.3 Å². The number of nitrogens with zero attached hydrogens (tertiary/aromatic N) is 1. The third kappa shape index (κ3) is 3.16. The molecule has 0 saturated carbocycles. The lowest BCUT2D eigenvalue weighted by Crippen LogP contribution is -2.29. The van der Waals surface area contributed by atoms with E-state index in [1.165, 1.54) is 39.0 Å². The predicted molar refractivity (Wildman–Crippen MR) is 62.0 cm³/mol. The van der Waals surface area contributed by atoms with Crippen molar-refractivity contribution < 1.29 is 4.74 Å². The number of hydrogen-bond donors (Lipinski definition) is 1. The molecule has 2 saturated heterocycles. The van der Waals surface area contributed by atoms with E-state index in [1.54, 1.807) is 0 Å². The van der Waals surface area contributed by atoms with E-state index in [0.29, 0.717) is 0 Å². The van der Waals surface area contributed by atoms with Gasteiger partial charge in [0.15, 0.2) is 0 Å². The maximum atomic E-state index is 5.60. The molecule has 0 radical (unpaired) electrons. The number of likely N-dealkylation sites (tertiary alicyclic amines) is 1. The Labute approximate surface area is 93.2 Å². The van der Waals surface area contributed by atoms with Gasteiger partial charge in [0, 0.05) is 26.2 Å². The highest BCUT2D eigenvalue weighted by Crippen LogP contribution is 2.25. The Hall–Kier alpha value is -0.120. The summed E-state index contributed by atoms with van der Waals surface area (Å²) in [6.07, 6.45) is 2.44. The molecule has 0 aromatic heterocycles. The number of fused-ring (bicyclic) bond motifs is 1. The molecule has 88 valence electrons. The Morgan fingerprint density at radius 2 is 1.93 bits per heavy atom. The van der Waals surface area contributed by atoms with Crippen LogP contribution in [-0.4, -0.2) is 50.8 Å². The molecule has 2 fully saturated rings. The maximum Gasteiger partial charge on any atom is 0.0593 e. The van der Waals surface area contributed by atoms with Crippen molar-refractivity contribution in [3.8, 4) is 0 Å². The van der Waals surface area contributed by atoms with E-state index in [2.05, 4.69) is 17.1 Å². The van der Waals surface area contributed by atoms with Gasteiger partial charge in [-0.05, 0) is 31.3 Å². The molecular weight excluding hydrogens is 188 g/mol. The van der Waals surface area contributed by atoms with Crippen LogP contribution in [0.5, 0.6) is 0 Å². The number of nitrogens with one attached hydrogen (secondary N) is 1. The van der Waals surface area contributed by atoms with Gasteiger partial charge in [-0.15, -0.1) is 0 Å². The molecule has 0 amide bonds. The van der Waals surface area contributed by atoms with Crippen LogP contribution < -0.4 is 5.32 Å². The topological polar surface area (TPSA) is 24.5 Å². The van der Waals surface area contributed by atoms with Crippen LogP contribution in [-0.2, 0) is 4.74 Å². The first kappa shape index (κ1) is 11.4. The summed E-state index contributed by atoms with van der Waals surface area (Å²) in [5, 5.41) is 3.47. The number of rotatable bonds is 6. The molecule has 2 heterocycles.